The van der Waals surface area contributed by atoms with Gasteiger partial charge in [-0.15, -0.1) is 10.2 Å². The lowest BCUT2D eigenvalue weighted by Gasteiger charge is -2.19. The first-order valence-electron chi connectivity index (χ1n) is 11.8. The summed E-state index contributed by atoms with van der Waals surface area (Å²) in [4.78, 5) is 22.8. The van der Waals surface area contributed by atoms with Crippen LogP contribution in [0.2, 0.25) is 0 Å². The van der Waals surface area contributed by atoms with Crippen molar-refractivity contribution in [3.05, 3.63) is 78.6 Å². The van der Waals surface area contributed by atoms with Crippen LogP contribution in [0.4, 0.5) is 4.79 Å². The number of ether oxygens (including phenoxy) is 1. The molecule has 0 saturated heterocycles. The Morgan fingerprint density at radius 3 is 2.22 bits per heavy atom. The average molecular weight is 499 g/mol. The fourth-order valence-corrected chi connectivity index (χ4v) is 3.40. The number of carbonyl (C=O) groups excluding carboxylic acids is 1. The summed E-state index contributed by atoms with van der Waals surface area (Å²) >= 11 is 0. The lowest BCUT2D eigenvalue weighted by Crippen LogP contribution is -2.32. The van der Waals surface area contributed by atoms with Crippen LogP contribution in [-0.2, 0) is 11.3 Å². The minimum atomic E-state index is -0.542. The van der Waals surface area contributed by atoms with E-state index in [9.17, 15) is 4.79 Å². The topological polar surface area (TPSA) is 106 Å². The molecule has 0 aliphatic heterocycles. The number of nitrogens with zero attached hydrogens (tertiary/aromatic N) is 5. The van der Waals surface area contributed by atoms with Crippen molar-refractivity contribution in [2.45, 2.75) is 32.9 Å². The Kier molecular flexibility index (Phi) is 7.33. The standard InChI is InChI=1S/C28H30N6O3/c1-18(34(5)6)20-11-13-21(14-12-20)23-16-29-17-24(31-23)26-33-32-25(36-26)22-9-7-19(8-10-22)15-30-27(35)37-28(2,3)4/h7-14,16-17H,1,15H2,2-6H3,(H,30,35). The second-order valence-corrected chi connectivity index (χ2v) is 9.67. The van der Waals surface area contributed by atoms with Crippen LogP contribution in [0.25, 0.3) is 40.0 Å². The first-order valence-corrected chi connectivity index (χ1v) is 11.8. The Balaban J connectivity index is 1.45. The summed E-state index contributed by atoms with van der Waals surface area (Å²) in [5, 5.41) is 11.1. The first-order chi connectivity index (χ1) is 17.6. The first kappa shape index (κ1) is 25.6. The maximum atomic E-state index is 11.9. The zero-order valence-corrected chi connectivity index (χ0v) is 21.6. The molecule has 1 N–H and O–H groups in total. The van der Waals surface area contributed by atoms with Crippen molar-refractivity contribution >= 4 is 11.8 Å². The van der Waals surface area contributed by atoms with Gasteiger partial charge >= 0.3 is 6.09 Å². The lowest BCUT2D eigenvalue weighted by molar-refractivity contribution is 0.0523. The van der Waals surface area contributed by atoms with Crippen molar-refractivity contribution in [3.8, 4) is 34.3 Å². The predicted molar refractivity (Wildman–Crippen MR) is 142 cm³/mol. The van der Waals surface area contributed by atoms with Crippen LogP contribution in [0.1, 0.15) is 31.9 Å². The summed E-state index contributed by atoms with van der Waals surface area (Å²) < 4.78 is 11.1. The van der Waals surface area contributed by atoms with Crippen molar-refractivity contribution in [2.24, 2.45) is 0 Å². The van der Waals surface area contributed by atoms with Crippen molar-refractivity contribution in [3.63, 3.8) is 0 Å². The zero-order valence-electron chi connectivity index (χ0n) is 21.6. The summed E-state index contributed by atoms with van der Waals surface area (Å²) in [5.74, 6) is 0.637. The average Bonchev–Trinajstić information content (AvgIpc) is 3.37. The van der Waals surface area contributed by atoms with Crippen LogP contribution in [0.3, 0.4) is 0 Å². The second kappa shape index (κ2) is 10.6. The molecule has 2 aromatic carbocycles. The van der Waals surface area contributed by atoms with Gasteiger partial charge in [0.2, 0.25) is 5.89 Å². The zero-order chi connectivity index (χ0) is 26.6. The molecular formula is C28H30N6O3. The summed E-state index contributed by atoms with van der Waals surface area (Å²) in [7, 11) is 3.92. The number of rotatable bonds is 7. The van der Waals surface area contributed by atoms with Gasteiger partial charge in [-0.3, -0.25) is 4.98 Å². The van der Waals surface area contributed by atoms with Gasteiger partial charge in [-0.25, -0.2) is 9.78 Å². The third-order valence-electron chi connectivity index (χ3n) is 5.37. The molecule has 0 spiro atoms. The van der Waals surface area contributed by atoms with Gasteiger partial charge in [0.1, 0.15) is 11.3 Å². The van der Waals surface area contributed by atoms with Gasteiger partial charge < -0.3 is 19.4 Å². The Hall–Kier alpha value is -4.53. The molecule has 9 nitrogen and oxygen atoms in total. The number of hydrogen-bond acceptors (Lipinski definition) is 8. The molecule has 0 bridgehead atoms. The van der Waals surface area contributed by atoms with E-state index in [-0.39, 0.29) is 5.89 Å². The molecule has 0 saturated carbocycles. The van der Waals surface area contributed by atoms with Crippen molar-refractivity contribution in [1.82, 2.24) is 30.4 Å². The van der Waals surface area contributed by atoms with E-state index in [1.807, 2.05) is 88.3 Å². The van der Waals surface area contributed by atoms with Crippen LogP contribution in [0.5, 0.6) is 0 Å². The maximum Gasteiger partial charge on any atom is 0.407 e. The number of hydrogen-bond donors (Lipinski definition) is 1. The van der Waals surface area contributed by atoms with Crippen LogP contribution >= 0.6 is 0 Å². The van der Waals surface area contributed by atoms with Crippen LogP contribution in [0, 0.1) is 0 Å². The van der Waals surface area contributed by atoms with E-state index in [1.165, 1.54) is 0 Å². The monoisotopic (exact) mass is 498 g/mol. The largest absolute Gasteiger partial charge is 0.444 e. The third-order valence-corrected chi connectivity index (χ3v) is 5.37. The fraction of sp³-hybridized carbons (Fsp3) is 0.250. The molecule has 9 heteroatoms. The quantitative estimate of drug-likeness (QED) is 0.360. The number of carbonyl (C=O) groups is 1. The van der Waals surface area contributed by atoms with Crippen LogP contribution in [0.15, 0.2) is 71.9 Å². The molecule has 190 valence electrons. The van der Waals surface area contributed by atoms with E-state index in [2.05, 4.69) is 32.1 Å². The summed E-state index contributed by atoms with van der Waals surface area (Å²) in [6.45, 7) is 9.90. The summed E-state index contributed by atoms with van der Waals surface area (Å²) in [6, 6.07) is 15.4. The van der Waals surface area contributed by atoms with Gasteiger partial charge in [0.05, 0.1) is 18.1 Å². The third kappa shape index (κ3) is 6.58. The highest BCUT2D eigenvalue weighted by atomic mass is 16.6. The van der Waals surface area contributed by atoms with E-state index in [4.69, 9.17) is 9.15 Å². The van der Waals surface area contributed by atoms with Gasteiger partial charge in [0, 0.05) is 37.5 Å². The molecule has 1 amide bonds. The molecule has 2 aromatic heterocycles. The molecule has 0 atom stereocenters. The summed E-state index contributed by atoms with van der Waals surface area (Å²) in [6.07, 6.45) is 2.83. The van der Waals surface area contributed by atoms with E-state index in [0.717, 1.165) is 28.0 Å². The maximum absolute atomic E-state index is 11.9. The minimum Gasteiger partial charge on any atom is -0.444 e. The fourth-order valence-electron chi connectivity index (χ4n) is 3.40. The van der Waals surface area contributed by atoms with E-state index < -0.39 is 11.7 Å². The lowest BCUT2D eigenvalue weighted by atomic mass is 10.1. The smallest absolute Gasteiger partial charge is 0.407 e. The van der Waals surface area contributed by atoms with Gasteiger partial charge in [-0.2, -0.15) is 0 Å². The molecule has 0 aliphatic rings. The van der Waals surface area contributed by atoms with Gasteiger partial charge in [0.15, 0.2) is 0 Å². The predicted octanol–water partition coefficient (Wildman–Crippen LogP) is 5.42. The molecule has 4 aromatic rings. The Bertz CT molecular complexity index is 1390. The SMILES string of the molecule is C=C(c1ccc(-c2cncc(-c3nnc(-c4ccc(CNC(=O)OC(C)(C)C)cc4)o3)n2)cc1)N(C)C. The molecule has 2 heterocycles. The molecule has 4 rings (SSSR count). The van der Waals surface area contributed by atoms with Crippen molar-refractivity contribution < 1.29 is 13.9 Å². The highest BCUT2D eigenvalue weighted by Gasteiger charge is 2.16. The van der Waals surface area contributed by atoms with E-state index in [1.54, 1.807) is 12.4 Å². The molecule has 0 radical (unpaired) electrons. The summed E-state index contributed by atoms with van der Waals surface area (Å²) in [5.41, 5.74) is 5.17. The number of aromatic nitrogens is 4. The molecule has 0 unspecified atom stereocenters. The van der Waals surface area contributed by atoms with Crippen LogP contribution in [-0.4, -0.2) is 50.9 Å². The number of amides is 1. The van der Waals surface area contributed by atoms with E-state index >= 15 is 0 Å². The normalized spacial score (nSPS) is 11.2. The molecular weight excluding hydrogens is 468 g/mol. The van der Waals surface area contributed by atoms with Gasteiger partial charge in [-0.05, 0) is 44.0 Å². The van der Waals surface area contributed by atoms with Gasteiger partial charge in [-0.1, -0.05) is 43.0 Å². The Labute approximate surface area is 216 Å². The minimum absolute atomic E-state index is 0.276. The number of nitrogens with one attached hydrogen (secondary N) is 1. The van der Waals surface area contributed by atoms with Gasteiger partial charge in [0.25, 0.3) is 5.89 Å². The van der Waals surface area contributed by atoms with Crippen molar-refractivity contribution in [2.75, 3.05) is 14.1 Å². The van der Waals surface area contributed by atoms with Crippen LogP contribution < -0.4 is 5.32 Å². The molecule has 37 heavy (non-hydrogen) atoms. The Morgan fingerprint density at radius 2 is 1.57 bits per heavy atom. The highest BCUT2D eigenvalue weighted by Crippen LogP contribution is 2.26. The van der Waals surface area contributed by atoms with E-state index in [0.29, 0.717) is 23.8 Å². The molecule has 0 fully saturated rings. The van der Waals surface area contributed by atoms with Crippen molar-refractivity contribution in [1.29, 1.82) is 0 Å². The second-order valence-electron chi connectivity index (χ2n) is 9.67. The highest BCUT2D eigenvalue weighted by molar-refractivity contribution is 5.68. The molecule has 0 aliphatic carbocycles. The number of benzene rings is 2. The Morgan fingerprint density at radius 1 is 0.946 bits per heavy atom. The number of alkyl carbamates (subject to hydrolysis) is 1.